The summed E-state index contributed by atoms with van der Waals surface area (Å²) in [5.41, 5.74) is 1.25. The Hall–Kier alpha value is -1.02. The lowest BCUT2D eigenvalue weighted by Gasteiger charge is -2.30. The summed E-state index contributed by atoms with van der Waals surface area (Å²) < 4.78 is 10.9. The molecule has 2 heteroatoms. The van der Waals surface area contributed by atoms with Crippen molar-refractivity contribution in [2.45, 2.75) is 18.9 Å². The molecule has 13 heavy (non-hydrogen) atoms. The minimum absolute atomic E-state index is 0.190. The van der Waals surface area contributed by atoms with Crippen LogP contribution in [0.3, 0.4) is 0 Å². The molecule has 70 valence electrons. The molecule has 0 aromatic heterocycles. The van der Waals surface area contributed by atoms with E-state index in [2.05, 4.69) is 13.0 Å². The molecule has 0 aliphatic carbocycles. The summed E-state index contributed by atoms with van der Waals surface area (Å²) in [7, 11) is 1.73. The van der Waals surface area contributed by atoms with E-state index in [1.807, 2.05) is 18.2 Å². The molecule has 0 saturated carbocycles. The van der Waals surface area contributed by atoms with Crippen LogP contribution in [0.15, 0.2) is 24.3 Å². The predicted molar refractivity (Wildman–Crippen MR) is 51.1 cm³/mol. The van der Waals surface area contributed by atoms with Gasteiger partial charge in [0.2, 0.25) is 0 Å². The SMILES string of the molecule is COC1COc2ccccc2[C@@H]1C. The van der Waals surface area contributed by atoms with Gasteiger partial charge in [0.15, 0.2) is 0 Å². The van der Waals surface area contributed by atoms with Crippen LogP contribution in [-0.4, -0.2) is 19.8 Å². The number of methoxy groups -OCH3 is 1. The Balaban J connectivity index is 2.33. The Morgan fingerprint density at radius 2 is 2.15 bits per heavy atom. The van der Waals surface area contributed by atoms with E-state index in [1.165, 1.54) is 5.56 Å². The van der Waals surface area contributed by atoms with Crippen molar-refractivity contribution < 1.29 is 9.47 Å². The van der Waals surface area contributed by atoms with Gasteiger partial charge in [-0.2, -0.15) is 0 Å². The maximum Gasteiger partial charge on any atom is 0.122 e. The molecule has 0 amide bonds. The molecule has 0 N–H and O–H groups in total. The summed E-state index contributed by atoms with van der Waals surface area (Å²) in [6.07, 6.45) is 0.190. The lowest BCUT2D eigenvalue weighted by Crippen LogP contribution is -2.30. The molecule has 1 aromatic carbocycles. The van der Waals surface area contributed by atoms with Crippen LogP contribution in [0.2, 0.25) is 0 Å². The van der Waals surface area contributed by atoms with E-state index in [0.717, 1.165) is 5.75 Å². The van der Waals surface area contributed by atoms with Gasteiger partial charge >= 0.3 is 0 Å². The van der Waals surface area contributed by atoms with Crippen LogP contribution in [0.4, 0.5) is 0 Å². The van der Waals surface area contributed by atoms with Gasteiger partial charge in [0.05, 0.1) is 6.10 Å². The first-order valence-electron chi connectivity index (χ1n) is 4.57. The summed E-state index contributed by atoms with van der Waals surface area (Å²) in [6.45, 7) is 2.84. The third-order valence-corrected chi connectivity index (χ3v) is 2.67. The van der Waals surface area contributed by atoms with Gasteiger partial charge in [0.1, 0.15) is 12.4 Å². The third-order valence-electron chi connectivity index (χ3n) is 2.67. The number of hydrogen-bond donors (Lipinski definition) is 0. The van der Waals surface area contributed by atoms with Crippen molar-refractivity contribution in [2.75, 3.05) is 13.7 Å². The summed E-state index contributed by atoms with van der Waals surface area (Å²) in [5.74, 6) is 1.43. The van der Waals surface area contributed by atoms with Crippen molar-refractivity contribution >= 4 is 0 Å². The highest BCUT2D eigenvalue weighted by atomic mass is 16.5. The highest BCUT2D eigenvalue weighted by Gasteiger charge is 2.26. The molecule has 1 aliphatic heterocycles. The van der Waals surface area contributed by atoms with Crippen LogP contribution in [0.1, 0.15) is 18.4 Å². The third kappa shape index (κ3) is 1.42. The maximum atomic E-state index is 5.57. The van der Waals surface area contributed by atoms with Gasteiger partial charge in [-0.05, 0) is 11.6 Å². The van der Waals surface area contributed by atoms with Crippen molar-refractivity contribution in [1.29, 1.82) is 0 Å². The van der Waals surface area contributed by atoms with E-state index < -0.39 is 0 Å². The molecule has 0 fully saturated rings. The van der Waals surface area contributed by atoms with Crippen molar-refractivity contribution in [3.05, 3.63) is 29.8 Å². The molecule has 0 spiro atoms. The van der Waals surface area contributed by atoms with E-state index in [-0.39, 0.29) is 6.10 Å². The van der Waals surface area contributed by atoms with Crippen LogP contribution in [-0.2, 0) is 4.74 Å². The molecular formula is C11H14O2. The Labute approximate surface area is 78.5 Å². The van der Waals surface area contributed by atoms with E-state index in [0.29, 0.717) is 12.5 Å². The fourth-order valence-electron chi connectivity index (χ4n) is 1.78. The number of fused-ring (bicyclic) bond motifs is 1. The van der Waals surface area contributed by atoms with Gasteiger partial charge < -0.3 is 9.47 Å². The molecule has 0 saturated heterocycles. The van der Waals surface area contributed by atoms with Crippen LogP contribution < -0.4 is 4.74 Å². The van der Waals surface area contributed by atoms with Gasteiger partial charge in [0.25, 0.3) is 0 Å². The van der Waals surface area contributed by atoms with Crippen molar-refractivity contribution in [2.24, 2.45) is 0 Å². The lowest BCUT2D eigenvalue weighted by molar-refractivity contribution is 0.0289. The second-order valence-corrected chi connectivity index (χ2v) is 3.41. The summed E-state index contributed by atoms with van der Waals surface area (Å²) >= 11 is 0. The fourth-order valence-corrected chi connectivity index (χ4v) is 1.78. The van der Waals surface area contributed by atoms with Gasteiger partial charge in [-0.15, -0.1) is 0 Å². The van der Waals surface area contributed by atoms with E-state index in [9.17, 15) is 0 Å². The van der Waals surface area contributed by atoms with E-state index in [4.69, 9.17) is 9.47 Å². The Kier molecular flexibility index (Phi) is 2.23. The minimum atomic E-state index is 0.190. The first-order valence-corrected chi connectivity index (χ1v) is 4.57. The first kappa shape index (κ1) is 8.57. The summed E-state index contributed by atoms with van der Waals surface area (Å²) in [5, 5.41) is 0. The van der Waals surface area contributed by atoms with Gasteiger partial charge in [-0.3, -0.25) is 0 Å². The van der Waals surface area contributed by atoms with Crippen LogP contribution in [0, 0.1) is 0 Å². The number of ether oxygens (including phenoxy) is 2. The molecule has 2 rings (SSSR count). The summed E-state index contributed by atoms with van der Waals surface area (Å²) in [6, 6.07) is 8.15. The average molecular weight is 178 g/mol. The number of hydrogen-bond acceptors (Lipinski definition) is 2. The Bertz CT molecular complexity index is 296. The summed E-state index contributed by atoms with van der Waals surface area (Å²) in [4.78, 5) is 0. The highest BCUT2D eigenvalue weighted by molar-refractivity contribution is 5.38. The van der Waals surface area contributed by atoms with E-state index >= 15 is 0 Å². The largest absolute Gasteiger partial charge is 0.491 e. The quantitative estimate of drug-likeness (QED) is 0.656. The topological polar surface area (TPSA) is 18.5 Å². The van der Waals surface area contributed by atoms with Gasteiger partial charge in [-0.25, -0.2) is 0 Å². The molecule has 2 atom stereocenters. The standard InChI is InChI=1S/C11H14O2/c1-8-9-5-3-4-6-10(9)13-7-11(8)12-2/h3-6,8,11H,7H2,1-2H3/t8-,11?/m0/s1. The van der Waals surface area contributed by atoms with Crippen LogP contribution >= 0.6 is 0 Å². The molecule has 2 nitrogen and oxygen atoms in total. The smallest absolute Gasteiger partial charge is 0.122 e. The number of para-hydroxylation sites is 1. The predicted octanol–water partition coefficient (Wildman–Crippen LogP) is 2.20. The minimum Gasteiger partial charge on any atom is -0.491 e. The van der Waals surface area contributed by atoms with Crippen molar-refractivity contribution in [1.82, 2.24) is 0 Å². The normalized spacial score (nSPS) is 26.3. The zero-order valence-electron chi connectivity index (χ0n) is 7.99. The van der Waals surface area contributed by atoms with Crippen LogP contribution in [0.5, 0.6) is 5.75 Å². The Morgan fingerprint density at radius 1 is 1.38 bits per heavy atom. The molecule has 1 heterocycles. The van der Waals surface area contributed by atoms with Crippen molar-refractivity contribution in [3.8, 4) is 5.75 Å². The highest BCUT2D eigenvalue weighted by Crippen LogP contribution is 2.33. The molecule has 1 aromatic rings. The zero-order chi connectivity index (χ0) is 9.26. The second-order valence-electron chi connectivity index (χ2n) is 3.41. The number of rotatable bonds is 1. The fraction of sp³-hybridized carbons (Fsp3) is 0.455. The average Bonchev–Trinajstić information content (AvgIpc) is 2.19. The van der Waals surface area contributed by atoms with Gasteiger partial charge in [-0.1, -0.05) is 25.1 Å². The molecule has 0 radical (unpaired) electrons. The van der Waals surface area contributed by atoms with E-state index in [1.54, 1.807) is 7.11 Å². The van der Waals surface area contributed by atoms with Crippen molar-refractivity contribution in [3.63, 3.8) is 0 Å². The molecule has 0 bridgehead atoms. The first-order chi connectivity index (χ1) is 6.33. The van der Waals surface area contributed by atoms with Crippen LogP contribution in [0.25, 0.3) is 0 Å². The number of benzene rings is 1. The second kappa shape index (κ2) is 3.38. The van der Waals surface area contributed by atoms with Gasteiger partial charge in [0, 0.05) is 13.0 Å². The Morgan fingerprint density at radius 3 is 2.92 bits per heavy atom. The lowest BCUT2D eigenvalue weighted by atomic mass is 9.93. The molecule has 1 unspecified atom stereocenters. The monoisotopic (exact) mass is 178 g/mol. The zero-order valence-corrected chi connectivity index (χ0v) is 7.99. The maximum absolute atomic E-state index is 5.57. The molecular weight excluding hydrogens is 164 g/mol. The molecule has 1 aliphatic rings.